The Morgan fingerprint density at radius 1 is 1.04 bits per heavy atom. The van der Waals surface area contributed by atoms with Gasteiger partial charge >= 0.3 is 0 Å². The number of carbonyl (C=O) groups is 1. The number of halogens is 2. The zero-order valence-electron chi connectivity index (χ0n) is 13.2. The molecule has 2 aromatic rings. The lowest BCUT2D eigenvalue weighted by atomic mass is 10.1. The minimum absolute atomic E-state index is 0.0878. The molecule has 0 aliphatic carbocycles. The summed E-state index contributed by atoms with van der Waals surface area (Å²) < 4.78 is 25.9. The molecule has 0 atom stereocenters. The number of nitrogens with one attached hydrogen (secondary N) is 1. The Hall–Kier alpha value is -1.76. The zero-order chi connectivity index (χ0) is 18.0. The van der Waals surface area contributed by atoms with E-state index in [9.17, 15) is 13.2 Å². The number of rotatable bonds is 3. The molecule has 1 aliphatic rings. The summed E-state index contributed by atoms with van der Waals surface area (Å²) in [4.78, 5) is 12.5. The smallest absolute Gasteiger partial charge is 0.255 e. The number of hydrogen-bond acceptors (Lipinski definition) is 3. The monoisotopic (exact) mass is 398 g/mol. The van der Waals surface area contributed by atoms with E-state index < -0.39 is 10.0 Å². The molecule has 1 saturated heterocycles. The second kappa shape index (κ2) is 7.23. The van der Waals surface area contributed by atoms with Gasteiger partial charge in [-0.2, -0.15) is 0 Å². The van der Waals surface area contributed by atoms with Crippen molar-refractivity contribution in [2.75, 3.05) is 21.9 Å². The van der Waals surface area contributed by atoms with E-state index in [1.54, 1.807) is 30.3 Å². The Balaban J connectivity index is 1.88. The van der Waals surface area contributed by atoms with Gasteiger partial charge in [0.2, 0.25) is 10.0 Å². The minimum Gasteiger partial charge on any atom is -0.322 e. The molecular formula is C17H16Cl2N2O3S. The van der Waals surface area contributed by atoms with Gasteiger partial charge in [-0.05, 0) is 55.3 Å². The van der Waals surface area contributed by atoms with Crippen molar-refractivity contribution in [3.8, 4) is 0 Å². The molecule has 0 aromatic heterocycles. The topological polar surface area (TPSA) is 66.5 Å². The molecule has 8 heteroatoms. The fourth-order valence-electron chi connectivity index (χ4n) is 2.64. The van der Waals surface area contributed by atoms with Crippen LogP contribution in [0.15, 0.2) is 42.5 Å². The molecule has 132 valence electrons. The molecule has 0 saturated carbocycles. The summed E-state index contributed by atoms with van der Waals surface area (Å²) in [6.45, 7) is 0.365. The van der Waals surface area contributed by atoms with E-state index in [2.05, 4.69) is 5.32 Å². The number of nitrogens with zero attached hydrogens (tertiary/aromatic N) is 1. The molecule has 1 fully saturated rings. The summed E-state index contributed by atoms with van der Waals surface area (Å²) in [7, 11) is -3.40. The first kappa shape index (κ1) is 18.0. The van der Waals surface area contributed by atoms with Gasteiger partial charge in [0.05, 0.1) is 16.5 Å². The molecular weight excluding hydrogens is 383 g/mol. The maximum absolute atomic E-state index is 12.5. The van der Waals surface area contributed by atoms with Crippen molar-refractivity contribution in [1.29, 1.82) is 0 Å². The fraction of sp³-hybridized carbons (Fsp3) is 0.235. The zero-order valence-corrected chi connectivity index (χ0v) is 15.5. The molecule has 1 aliphatic heterocycles. The van der Waals surface area contributed by atoms with Gasteiger partial charge in [-0.3, -0.25) is 9.10 Å². The van der Waals surface area contributed by atoms with Gasteiger partial charge in [0.25, 0.3) is 5.91 Å². The minimum atomic E-state index is -3.40. The average Bonchev–Trinajstić information content (AvgIpc) is 2.57. The van der Waals surface area contributed by atoms with E-state index >= 15 is 0 Å². The third kappa shape index (κ3) is 4.08. The van der Waals surface area contributed by atoms with Crippen molar-refractivity contribution in [2.45, 2.75) is 12.8 Å². The first-order valence-electron chi connectivity index (χ1n) is 7.74. The summed E-state index contributed by atoms with van der Waals surface area (Å²) >= 11 is 12.0. The fourth-order valence-corrected chi connectivity index (χ4v) is 4.68. The molecule has 1 heterocycles. The van der Waals surface area contributed by atoms with Crippen molar-refractivity contribution in [1.82, 2.24) is 0 Å². The lowest BCUT2D eigenvalue weighted by molar-refractivity contribution is 0.102. The Morgan fingerprint density at radius 3 is 2.44 bits per heavy atom. The molecule has 1 amide bonds. The predicted molar refractivity (Wildman–Crippen MR) is 101 cm³/mol. The molecule has 1 N–H and O–H groups in total. The van der Waals surface area contributed by atoms with Crippen LogP contribution in [0.2, 0.25) is 10.0 Å². The summed E-state index contributed by atoms with van der Waals surface area (Å²) in [6.07, 6.45) is 1.39. The lowest BCUT2D eigenvalue weighted by Gasteiger charge is -2.29. The van der Waals surface area contributed by atoms with E-state index in [0.29, 0.717) is 39.9 Å². The van der Waals surface area contributed by atoms with Crippen LogP contribution in [0.5, 0.6) is 0 Å². The molecule has 0 radical (unpaired) electrons. The lowest BCUT2D eigenvalue weighted by Crippen LogP contribution is -2.38. The highest BCUT2D eigenvalue weighted by Gasteiger charge is 2.28. The van der Waals surface area contributed by atoms with Gasteiger partial charge in [-0.1, -0.05) is 23.2 Å². The SMILES string of the molecule is O=C(Nc1ccc(Cl)cc1)c1ccc(Cl)c(N2CCCCS2(=O)=O)c1. The molecule has 5 nitrogen and oxygen atoms in total. The van der Waals surface area contributed by atoms with Crippen LogP contribution in [0.1, 0.15) is 23.2 Å². The van der Waals surface area contributed by atoms with Crippen LogP contribution >= 0.6 is 23.2 Å². The van der Waals surface area contributed by atoms with Crippen LogP contribution < -0.4 is 9.62 Å². The Bertz CT molecular complexity index is 899. The predicted octanol–water partition coefficient (Wildman–Crippen LogP) is 4.18. The number of sulfonamides is 1. The standard InChI is InChI=1S/C17H16Cl2N2O3S/c18-13-4-6-14(7-5-13)20-17(22)12-3-8-15(19)16(11-12)21-9-1-2-10-25(21,23)24/h3-8,11H,1-2,9-10H2,(H,20,22). The molecule has 0 bridgehead atoms. The summed E-state index contributed by atoms with van der Waals surface area (Å²) in [5.74, 6) is -0.264. The summed E-state index contributed by atoms with van der Waals surface area (Å²) in [6, 6.07) is 11.3. The van der Waals surface area contributed by atoms with Crippen molar-refractivity contribution < 1.29 is 13.2 Å². The highest BCUT2D eigenvalue weighted by molar-refractivity contribution is 7.92. The number of anilines is 2. The maximum atomic E-state index is 12.5. The first-order valence-corrected chi connectivity index (χ1v) is 10.1. The van der Waals surface area contributed by atoms with Gasteiger partial charge in [0, 0.05) is 22.8 Å². The van der Waals surface area contributed by atoms with Crippen LogP contribution in [0.3, 0.4) is 0 Å². The van der Waals surface area contributed by atoms with E-state index in [4.69, 9.17) is 23.2 Å². The second-order valence-electron chi connectivity index (χ2n) is 5.72. The van der Waals surface area contributed by atoms with Gasteiger partial charge in [0.1, 0.15) is 0 Å². The highest BCUT2D eigenvalue weighted by Crippen LogP contribution is 2.32. The number of hydrogen-bond donors (Lipinski definition) is 1. The van der Waals surface area contributed by atoms with Crippen LogP contribution in [0.4, 0.5) is 11.4 Å². The maximum Gasteiger partial charge on any atom is 0.255 e. The Morgan fingerprint density at radius 2 is 1.76 bits per heavy atom. The molecule has 2 aromatic carbocycles. The van der Waals surface area contributed by atoms with Crippen LogP contribution in [0, 0.1) is 0 Å². The van der Waals surface area contributed by atoms with Crippen molar-refractivity contribution in [2.24, 2.45) is 0 Å². The number of benzene rings is 2. The van der Waals surface area contributed by atoms with Crippen LogP contribution in [-0.4, -0.2) is 26.6 Å². The number of amides is 1. The van der Waals surface area contributed by atoms with E-state index in [-0.39, 0.29) is 11.7 Å². The number of carbonyl (C=O) groups excluding carboxylic acids is 1. The average molecular weight is 399 g/mol. The van der Waals surface area contributed by atoms with Gasteiger partial charge in [-0.25, -0.2) is 8.42 Å². The van der Waals surface area contributed by atoms with Crippen LogP contribution in [-0.2, 0) is 10.0 Å². The highest BCUT2D eigenvalue weighted by atomic mass is 35.5. The normalized spacial score (nSPS) is 16.5. The molecule has 3 rings (SSSR count). The van der Waals surface area contributed by atoms with E-state index in [0.717, 1.165) is 6.42 Å². The van der Waals surface area contributed by atoms with Gasteiger partial charge in [-0.15, -0.1) is 0 Å². The quantitative estimate of drug-likeness (QED) is 0.842. The Kier molecular flexibility index (Phi) is 5.22. The van der Waals surface area contributed by atoms with Crippen molar-refractivity contribution in [3.05, 3.63) is 58.1 Å². The van der Waals surface area contributed by atoms with Crippen molar-refractivity contribution >= 4 is 50.5 Å². The van der Waals surface area contributed by atoms with Gasteiger partial charge in [0.15, 0.2) is 0 Å². The Labute approximate surface area is 156 Å². The van der Waals surface area contributed by atoms with Crippen molar-refractivity contribution in [3.63, 3.8) is 0 Å². The molecule has 0 spiro atoms. The summed E-state index contributed by atoms with van der Waals surface area (Å²) in [5.41, 5.74) is 1.26. The van der Waals surface area contributed by atoms with Crippen LogP contribution in [0.25, 0.3) is 0 Å². The largest absolute Gasteiger partial charge is 0.322 e. The third-order valence-corrected chi connectivity index (χ3v) is 6.36. The summed E-state index contributed by atoms with van der Waals surface area (Å²) in [5, 5.41) is 3.62. The van der Waals surface area contributed by atoms with E-state index in [1.165, 1.54) is 16.4 Å². The molecule has 0 unspecified atom stereocenters. The molecule has 25 heavy (non-hydrogen) atoms. The third-order valence-electron chi connectivity index (χ3n) is 3.93. The second-order valence-corrected chi connectivity index (χ2v) is 8.58. The van der Waals surface area contributed by atoms with Gasteiger partial charge < -0.3 is 5.32 Å². The first-order chi connectivity index (χ1) is 11.9. The van der Waals surface area contributed by atoms with E-state index in [1.807, 2.05) is 0 Å².